The van der Waals surface area contributed by atoms with Crippen LogP contribution in [0.15, 0.2) is 212 Å². The Morgan fingerprint density at radius 3 is 1.28 bits per heavy atom. The van der Waals surface area contributed by atoms with Gasteiger partial charge in [0, 0.05) is 61.1 Å². The standard InChI is InChI=1S/C56H32BN3O4/c1-9-21-46-34(13-1)31-50(61-46)59-44-29-36(33-25-27-37(28-26-33)58-42-19-7-3-15-38(42)39-16-4-8-20-43(39)58)30-45-54(44)57(52-40-17-5-11-23-48(40)63-55(52)59)53-41-18-6-12-24-49(41)64-56(53)60(45)51-32-35-14-2-10-22-47(35)62-51/h1-32H. The molecular weight excluding hydrogens is 789 g/mol. The van der Waals surface area contributed by atoms with E-state index in [2.05, 4.69) is 160 Å². The molecule has 7 nitrogen and oxygen atoms in total. The van der Waals surface area contributed by atoms with Crippen LogP contribution in [0.25, 0.3) is 82.5 Å². The van der Waals surface area contributed by atoms with Crippen molar-refractivity contribution >= 4 is 124 Å². The van der Waals surface area contributed by atoms with Crippen LogP contribution in [-0.2, 0) is 0 Å². The number of aromatic nitrogens is 1. The molecule has 0 aliphatic carbocycles. The van der Waals surface area contributed by atoms with Crippen LogP contribution in [-0.4, -0.2) is 11.3 Å². The van der Waals surface area contributed by atoms with Gasteiger partial charge in [-0.15, -0.1) is 0 Å². The number of fused-ring (bicyclic) bond motifs is 13. The molecule has 2 aliphatic rings. The second kappa shape index (κ2) is 12.5. The maximum Gasteiger partial charge on any atom is 0.262 e. The molecule has 2 aliphatic heterocycles. The Balaban J connectivity index is 1.03. The molecule has 0 spiro atoms. The molecule has 15 rings (SSSR count). The fraction of sp³-hybridized carbons (Fsp3) is 0. The van der Waals surface area contributed by atoms with E-state index in [1.54, 1.807) is 0 Å². The molecule has 0 saturated heterocycles. The fourth-order valence-electron chi connectivity index (χ4n) is 10.7. The summed E-state index contributed by atoms with van der Waals surface area (Å²) in [5, 5.41) is 6.57. The molecule has 7 heterocycles. The van der Waals surface area contributed by atoms with Gasteiger partial charge in [-0.2, -0.15) is 0 Å². The van der Waals surface area contributed by atoms with Gasteiger partial charge < -0.3 is 22.2 Å². The van der Waals surface area contributed by atoms with Gasteiger partial charge in [0.1, 0.15) is 22.3 Å². The molecule has 64 heavy (non-hydrogen) atoms. The van der Waals surface area contributed by atoms with Crippen molar-refractivity contribution in [2.75, 3.05) is 9.80 Å². The molecule has 0 N–H and O–H groups in total. The van der Waals surface area contributed by atoms with Crippen LogP contribution in [0.5, 0.6) is 0 Å². The zero-order valence-corrected chi connectivity index (χ0v) is 34.0. The fourth-order valence-corrected chi connectivity index (χ4v) is 10.7. The van der Waals surface area contributed by atoms with Gasteiger partial charge in [-0.3, -0.25) is 9.80 Å². The van der Waals surface area contributed by atoms with E-state index in [0.29, 0.717) is 11.8 Å². The van der Waals surface area contributed by atoms with Crippen LogP contribution in [0, 0.1) is 0 Å². The van der Waals surface area contributed by atoms with Crippen molar-refractivity contribution in [1.29, 1.82) is 0 Å². The highest BCUT2D eigenvalue weighted by atomic mass is 16.4. The number of anilines is 6. The van der Waals surface area contributed by atoms with Crippen LogP contribution in [0.4, 0.5) is 34.9 Å². The number of benzene rings is 8. The van der Waals surface area contributed by atoms with E-state index in [0.717, 1.165) is 100 Å². The maximum atomic E-state index is 7.03. The highest BCUT2D eigenvalue weighted by molar-refractivity contribution is 7.02. The monoisotopic (exact) mass is 821 g/mol. The third-order valence-corrected chi connectivity index (χ3v) is 13.4. The summed E-state index contributed by atoms with van der Waals surface area (Å²) < 4.78 is 30.0. The van der Waals surface area contributed by atoms with E-state index < -0.39 is 0 Å². The van der Waals surface area contributed by atoms with E-state index >= 15 is 0 Å². The van der Waals surface area contributed by atoms with Crippen LogP contribution < -0.4 is 26.2 Å². The van der Waals surface area contributed by atoms with Crippen molar-refractivity contribution in [2.24, 2.45) is 0 Å². The largest absolute Gasteiger partial charge is 0.440 e. The lowest BCUT2D eigenvalue weighted by molar-refractivity contribution is 0.582. The molecule has 0 saturated carbocycles. The second-order valence-electron chi connectivity index (χ2n) is 16.8. The molecule has 0 radical (unpaired) electrons. The Kier molecular flexibility index (Phi) is 6.64. The van der Waals surface area contributed by atoms with Gasteiger partial charge in [0.05, 0.1) is 22.4 Å². The third-order valence-electron chi connectivity index (χ3n) is 13.4. The molecular formula is C56H32BN3O4. The van der Waals surface area contributed by atoms with Gasteiger partial charge in [0.2, 0.25) is 23.5 Å². The molecule has 0 amide bonds. The van der Waals surface area contributed by atoms with Gasteiger partial charge >= 0.3 is 0 Å². The quantitative estimate of drug-likeness (QED) is 0.165. The van der Waals surface area contributed by atoms with Crippen molar-refractivity contribution in [3.63, 3.8) is 0 Å². The molecule has 0 unspecified atom stereocenters. The summed E-state index contributed by atoms with van der Waals surface area (Å²) in [6.45, 7) is -0.254. The topological polar surface area (TPSA) is 64.0 Å². The molecule has 298 valence electrons. The Labute approximate surface area is 365 Å². The first-order valence-electron chi connectivity index (χ1n) is 21.6. The average molecular weight is 822 g/mol. The van der Waals surface area contributed by atoms with E-state index in [1.807, 2.05) is 48.5 Å². The van der Waals surface area contributed by atoms with Crippen LogP contribution in [0.1, 0.15) is 0 Å². The molecule has 8 aromatic carbocycles. The molecule has 5 aromatic heterocycles. The van der Waals surface area contributed by atoms with E-state index in [1.165, 1.54) is 21.8 Å². The van der Waals surface area contributed by atoms with Crippen LogP contribution in [0.3, 0.4) is 0 Å². The number of nitrogens with zero attached hydrogens (tertiary/aromatic N) is 3. The zero-order valence-electron chi connectivity index (χ0n) is 34.0. The molecule has 13 aromatic rings. The Bertz CT molecular complexity index is 3770. The predicted octanol–water partition coefficient (Wildman–Crippen LogP) is 13.5. The highest BCUT2D eigenvalue weighted by Crippen LogP contribution is 2.50. The Morgan fingerprint density at radius 2 is 0.781 bits per heavy atom. The third kappa shape index (κ3) is 4.55. The van der Waals surface area contributed by atoms with Crippen molar-refractivity contribution in [3.8, 4) is 16.8 Å². The van der Waals surface area contributed by atoms with Gasteiger partial charge in [0.25, 0.3) is 6.71 Å². The lowest BCUT2D eigenvalue weighted by atomic mass is 9.33. The first kappa shape index (κ1) is 34.0. The molecule has 0 bridgehead atoms. The first-order valence-corrected chi connectivity index (χ1v) is 21.6. The molecule has 0 atom stereocenters. The summed E-state index contributed by atoms with van der Waals surface area (Å²) in [4.78, 5) is 4.37. The Morgan fingerprint density at radius 1 is 0.344 bits per heavy atom. The highest BCUT2D eigenvalue weighted by Gasteiger charge is 2.50. The second-order valence-corrected chi connectivity index (χ2v) is 16.8. The molecule has 8 heteroatoms. The number of para-hydroxylation sites is 6. The summed E-state index contributed by atoms with van der Waals surface area (Å²) in [6, 6.07) is 68.0. The Hall–Kier alpha value is -8.62. The van der Waals surface area contributed by atoms with Crippen molar-refractivity contribution in [2.45, 2.75) is 0 Å². The normalized spacial score (nSPS) is 13.2. The van der Waals surface area contributed by atoms with Crippen molar-refractivity contribution in [3.05, 3.63) is 194 Å². The van der Waals surface area contributed by atoms with Gasteiger partial charge in [0.15, 0.2) is 0 Å². The molecule has 0 fully saturated rings. The van der Waals surface area contributed by atoms with E-state index in [-0.39, 0.29) is 6.71 Å². The van der Waals surface area contributed by atoms with Gasteiger partial charge in [-0.1, -0.05) is 121 Å². The predicted molar refractivity (Wildman–Crippen MR) is 259 cm³/mol. The van der Waals surface area contributed by atoms with Crippen LogP contribution in [0.2, 0.25) is 0 Å². The van der Waals surface area contributed by atoms with E-state index in [4.69, 9.17) is 17.7 Å². The minimum absolute atomic E-state index is 0.254. The summed E-state index contributed by atoms with van der Waals surface area (Å²) in [7, 11) is 0. The number of rotatable bonds is 4. The van der Waals surface area contributed by atoms with Crippen molar-refractivity contribution in [1.82, 2.24) is 4.57 Å². The maximum absolute atomic E-state index is 7.03. The summed E-state index contributed by atoms with van der Waals surface area (Å²) in [5.41, 5.74) is 13.8. The van der Waals surface area contributed by atoms with E-state index in [9.17, 15) is 0 Å². The first-order chi connectivity index (χ1) is 31.7. The number of hydrogen-bond acceptors (Lipinski definition) is 6. The SMILES string of the molecule is c1ccc2oc(N3c4cc(-c5ccc(-n6c7ccccc7c7ccccc76)cc5)cc5c4B(c4c3oc3ccccc43)c3c(oc4ccccc34)N5c3cc4ccccc4o3)cc2c1. The minimum Gasteiger partial charge on any atom is -0.440 e. The minimum atomic E-state index is -0.254. The number of furan rings is 4. The average Bonchev–Trinajstić information content (AvgIpc) is 4.18. The van der Waals surface area contributed by atoms with Gasteiger partial charge in [-0.05, 0) is 77.3 Å². The van der Waals surface area contributed by atoms with Crippen LogP contribution >= 0.6 is 0 Å². The summed E-state index contributed by atoms with van der Waals surface area (Å²) in [6.07, 6.45) is 0. The summed E-state index contributed by atoms with van der Waals surface area (Å²) >= 11 is 0. The van der Waals surface area contributed by atoms with Gasteiger partial charge in [-0.25, -0.2) is 0 Å². The smallest absolute Gasteiger partial charge is 0.262 e. The lowest BCUT2D eigenvalue weighted by Gasteiger charge is -2.39. The zero-order chi connectivity index (χ0) is 41.6. The summed E-state index contributed by atoms with van der Waals surface area (Å²) in [5.74, 6) is 2.77. The lowest BCUT2D eigenvalue weighted by Crippen LogP contribution is -2.60. The van der Waals surface area contributed by atoms with Crippen molar-refractivity contribution < 1.29 is 17.7 Å². The number of hydrogen-bond donors (Lipinski definition) is 0.